The Morgan fingerprint density at radius 2 is 1.79 bits per heavy atom. The number of aromatic hydroxyl groups is 2. The summed E-state index contributed by atoms with van der Waals surface area (Å²) in [7, 11) is 0. The lowest BCUT2D eigenvalue weighted by atomic mass is 10.1. The summed E-state index contributed by atoms with van der Waals surface area (Å²) in [5.74, 6) is -0.549. The average molecular weight is 381 g/mol. The molecule has 0 fully saturated rings. The Kier molecular flexibility index (Phi) is 4.23. The van der Waals surface area contributed by atoms with E-state index in [0.29, 0.717) is 27.6 Å². The van der Waals surface area contributed by atoms with E-state index in [9.17, 15) is 19.8 Å². The topological polar surface area (TPSA) is 123 Å². The van der Waals surface area contributed by atoms with Crippen LogP contribution in [-0.4, -0.2) is 27.8 Å². The lowest BCUT2D eigenvalue weighted by Gasteiger charge is -2.05. The van der Waals surface area contributed by atoms with Crippen molar-refractivity contribution in [2.75, 3.05) is 6.61 Å². The highest BCUT2D eigenvalue weighted by Crippen LogP contribution is 2.32. The van der Waals surface area contributed by atoms with Crippen LogP contribution in [0.5, 0.6) is 11.5 Å². The van der Waals surface area contributed by atoms with E-state index in [1.165, 1.54) is 30.3 Å². The van der Waals surface area contributed by atoms with E-state index in [2.05, 4.69) is 4.98 Å². The van der Waals surface area contributed by atoms with E-state index in [0.717, 1.165) is 0 Å². The number of fused-ring (bicyclic) bond motifs is 2. The minimum atomic E-state index is -0.594. The van der Waals surface area contributed by atoms with E-state index in [1.54, 1.807) is 13.0 Å². The molecule has 0 atom stereocenters. The van der Waals surface area contributed by atoms with Gasteiger partial charge in [-0.2, -0.15) is 0 Å². The molecule has 0 unspecified atom stereocenters. The summed E-state index contributed by atoms with van der Waals surface area (Å²) in [4.78, 5) is 28.1. The van der Waals surface area contributed by atoms with Gasteiger partial charge >= 0.3 is 11.6 Å². The molecule has 4 rings (SSSR count). The number of carbonyl (C=O) groups excluding carboxylic acids is 1. The molecule has 4 aromatic rings. The van der Waals surface area contributed by atoms with Crippen LogP contribution in [-0.2, 0) is 16.0 Å². The summed E-state index contributed by atoms with van der Waals surface area (Å²) in [5.41, 5.74) is 1.31. The Bertz CT molecular complexity index is 1250. The maximum Gasteiger partial charge on any atom is 0.336 e. The zero-order valence-corrected chi connectivity index (χ0v) is 14.8. The Morgan fingerprint density at radius 3 is 2.50 bits per heavy atom. The molecule has 2 N–H and O–H groups in total. The number of ether oxygens (including phenoxy) is 1. The molecule has 8 nitrogen and oxygen atoms in total. The summed E-state index contributed by atoms with van der Waals surface area (Å²) >= 11 is 0. The number of nitrogens with zero attached hydrogens (tertiary/aromatic N) is 1. The van der Waals surface area contributed by atoms with E-state index in [1.807, 2.05) is 0 Å². The second-order valence-corrected chi connectivity index (χ2v) is 6.15. The van der Waals surface area contributed by atoms with Crippen molar-refractivity contribution in [3.8, 4) is 23.0 Å². The third kappa shape index (κ3) is 3.27. The number of esters is 1. The molecule has 0 saturated heterocycles. The van der Waals surface area contributed by atoms with Gasteiger partial charge in [0.2, 0.25) is 5.89 Å². The van der Waals surface area contributed by atoms with Crippen molar-refractivity contribution in [2.24, 2.45) is 0 Å². The van der Waals surface area contributed by atoms with Gasteiger partial charge in [-0.1, -0.05) is 0 Å². The molecule has 28 heavy (non-hydrogen) atoms. The van der Waals surface area contributed by atoms with Gasteiger partial charge in [-0.3, -0.25) is 4.79 Å². The zero-order chi connectivity index (χ0) is 19.8. The average Bonchev–Trinajstić information content (AvgIpc) is 3.02. The van der Waals surface area contributed by atoms with E-state index in [4.69, 9.17) is 13.6 Å². The first kappa shape index (κ1) is 17.6. The lowest BCUT2D eigenvalue weighted by molar-refractivity contribution is -0.142. The maximum atomic E-state index is 11.9. The van der Waals surface area contributed by atoms with Gasteiger partial charge in [-0.25, -0.2) is 9.78 Å². The van der Waals surface area contributed by atoms with Crippen molar-refractivity contribution in [3.05, 3.63) is 52.4 Å². The number of oxazole rings is 1. The fourth-order valence-electron chi connectivity index (χ4n) is 3.00. The summed E-state index contributed by atoms with van der Waals surface area (Å²) in [6.45, 7) is 1.95. The number of benzene rings is 2. The van der Waals surface area contributed by atoms with Gasteiger partial charge in [0.1, 0.15) is 22.6 Å². The molecule has 0 aliphatic carbocycles. The van der Waals surface area contributed by atoms with Crippen LogP contribution in [0, 0.1) is 0 Å². The highest BCUT2D eigenvalue weighted by Gasteiger charge is 2.16. The number of phenolic OH excluding ortho intramolecular Hbond substituents is 2. The molecule has 0 aliphatic heterocycles. The molecule has 8 heteroatoms. The third-order valence-electron chi connectivity index (χ3n) is 4.13. The third-order valence-corrected chi connectivity index (χ3v) is 4.13. The molecule has 0 aliphatic rings. The fraction of sp³-hybridized carbons (Fsp3) is 0.150. The van der Waals surface area contributed by atoms with Crippen molar-refractivity contribution >= 4 is 28.0 Å². The second-order valence-electron chi connectivity index (χ2n) is 6.15. The van der Waals surface area contributed by atoms with Crippen molar-refractivity contribution in [1.29, 1.82) is 0 Å². The number of carbonyl (C=O) groups is 1. The minimum absolute atomic E-state index is 0.0768. The molecule has 0 radical (unpaired) electrons. The molecule has 2 heterocycles. The smallest absolute Gasteiger partial charge is 0.336 e. The summed E-state index contributed by atoms with van der Waals surface area (Å²) in [6.07, 6.45) is -0.0768. The van der Waals surface area contributed by atoms with Gasteiger partial charge < -0.3 is 23.8 Å². The van der Waals surface area contributed by atoms with Gasteiger partial charge in [-0.05, 0) is 30.7 Å². The first-order valence-electron chi connectivity index (χ1n) is 8.49. The molecule has 0 saturated carbocycles. The van der Waals surface area contributed by atoms with Crippen LogP contribution in [0.1, 0.15) is 12.5 Å². The monoisotopic (exact) mass is 381 g/mol. The number of rotatable bonds is 4. The Morgan fingerprint density at radius 1 is 1.04 bits per heavy atom. The molecule has 0 amide bonds. The van der Waals surface area contributed by atoms with Gasteiger partial charge in [-0.15, -0.1) is 0 Å². The van der Waals surface area contributed by atoms with Crippen molar-refractivity contribution in [2.45, 2.75) is 13.3 Å². The minimum Gasteiger partial charge on any atom is -0.508 e. The van der Waals surface area contributed by atoms with Crippen LogP contribution in [0.25, 0.3) is 33.5 Å². The number of hydrogen-bond acceptors (Lipinski definition) is 8. The Balaban J connectivity index is 1.86. The number of phenols is 2. The number of aromatic nitrogens is 1. The van der Waals surface area contributed by atoms with Crippen LogP contribution in [0.4, 0.5) is 0 Å². The van der Waals surface area contributed by atoms with Crippen molar-refractivity contribution in [3.63, 3.8) is 0 Å². The molecular formula is C20H15NO7. The lowest BCUT2D eigenvalue weighted by Crippen LogP contribution is -2.10. The fourth-order valence-corrected chi connectivity index (χ4v) is 3.00. The summed E-state index contributed by atoms with van der Waals surface area (Å²) < 4.78 is 15.9. The molecular weight excluding hydrogens is 366 g/mol. The van der Waals surface area contributed by atoms with Crippen LogP contribution < -0.4 is 5.63 Å². The van der Waals surface area contributed by atoms with E-state index < -0.39 is 11.6 Å². The normalized spacial score (nSPS) is 11.2. The SMILES string of the molecule is CCOC(=O)Cc1cc(=O)oc2cc3oc(-c4cc(O)cc(O)c4)nc3cc12. The molecule has 2 aromatic heterocycles. The van der Waals surface area contributed by atoms with Gasteiger partial charge in [0, 0.05) is 29.1 Å². The summed E-state index contributed by atoms with van der Waals surface area (Å²) in [6, 6.07) is 8.40. The van der Waals surface area contributed by atoms with E-state index >= 15 is 0 Å². The Labute approximate surface area is 157 Å². The number of hydrogen-bond donors (Lipinski definition) is 2. The van der Waals surface area contributed by atoms with Crippen molar-refractivity contribution < 1.29 is 28.6 Å². The maximum absolute atomic E-state index is 11.9. The first-order chi connectivity index (χ1) is 13.4. The van der Waals surface area contributed by atoms with Crippen LogP contribution >= 0.6 is 0 Å². The van der Waals surface area contributed by atoms with Gasteiger partial charge in [0.25, 0.3) is 0 Å². The van der Waals surface area contributed by atoms with Crippen molar-refractivity contribution in [1.82, 2.24) is 4.98 Å². The van der Waals surface area contributed by atoms with Gasteiger partial charge in [0.15, 0.2) is 5.58 Å². The standard InChI is InChI=1S/C20H15NO7/c1-2-26-18(24)5-10-6-19(25)27-16-9-17-15(8-14(10)16)21-20(28-17)11-3-12(22)7-13(23)4-11/h3-4,6-9,22-23H,2,5H2,1H3. The zero-order valence-electron chi connectivity index (χ0n) is 14.8. The summed E-state index contributed by atoms with van der Waals surface area (Å²) in [5, 5.41) is 19.9. The van der Waals surface area contributed by atoms with E-state index in [-0.39, 0.29) is 36.0 Å². The molecule has 0 spiro atoms. The predicted octanol–water partition coefficient (Wildman–Crippen LogP) is 3.12. The molecule has 2 aromatic carbocycles. The second kappa shape index (κ2) is 6.73. The molecule has 142 valence electrons. The van der Waals surface area contributed by atoms with Crippen LogP contribution in [0.15, 0.2) is 50.0 Å². The highest BCUT2D eigenvalue weighted by atomic mass is 16.5. The predicted molar refractivity (Wildman–Crippen MR) is 99.2 cm³/mol. The van der Waals surface area contributed by atoms with Crippen LogP contribution in [0.3, 0.4) is 0 Å². The van der Waals surface area contributed by atoms with Gasteiger partial charge in [0.05, 0.1) is 13.0 Å². The largest absolute Gasteiger partial charge is 0.508 e. The molecule has 0 bridgehead atoms. The Hall–Kier alpha value is -3.81. The quantitative estimate of drug-likeness (QED) is 0.408. The first-order valence-corrected chi connectivity index (χ1v) is 8.49. The van der Waals surface area contributed by atoms with Crippen LogP contribution in [0.2, 0.25) is 0 Å². The highest BCUT2D eigenvalue weighted by molar-refractivity contribution is 5.95.